The maximum Gasteiger partial charge on any atom is 0.224 e. The van der Waals surface area contributed by atoms with E-state index in [4.69, 9.17) is 16.3 Å². The number of carbonyl (C=O) groups is 1. The first-order valence-electron chi connectivity index (χ1n) is 5.74. The molecule has 1 rings (SSSR count). The van der Waals surface area contributed by atoms with Crippen LogP contribution in [0.3, 0.4) is 0 Å². The van der Waals surface area contributed by atoms with Gasteiger partial charge in [-0.25, -0.2) is 4.39 Å². The van der Waals surface area contributed by atoms with Crippen LogP contribution in [0.2, 0.25) is 0 Å². The van der Waals surface area contributed by atoms with Gasteiger partial charge in [-0.1, -0.05) is 12.1 Å². The van der Waals surface area contributed by atoms with E-state index in [2.05, 4.69) is 5.32 Å². The van der Waals surface area contributed by atoms with Gasteiger partial charge in [0.25, 0.3) is 0 Å². The number of rotatable bonds is 7. The lowest BCUT2D eigenvalue weighted by molar-refractivity contribution is -0.121. The lowest BCUT2D eigenvalue weighted by Crippen LogP contribution is -2.39. The number of hydrogen-bond donors (Lipinski definition) is 1. The molecule has 0 bridgehead atoms. The second-order valence-corrected chi connectivity index (χ2v) is 4.38. The molecule has 1 unspecified atom stereocenters. The highest BCUT2D eigenvalue weighted by Gasteiger charge is 2.12. The summed E-state index contributed by atoms with van der Waals surface area (Å²) in [6.45, 7) is 0.418. The Kier molecular flexibility index (Phi) is 6.68. The molecule has 1 aromatic rings. The van der Waals surface area contributed by atoms with Crippen molar-refractivity contribution < 1.29 is 13.9 Å². The van der Waals surface area contributed by atoms with Gasteiger partial charge < -0.3 is 10.1 Å². The number of ether oxygens (including phenoxy) is 1. The van der Waals surface area contributed by atoms with E-state index in [-0.39, 0.29) is 24.2 Å². The first-order chi connectivity index (χ1) is 8.65. The topological polar surface area (TPSA) is 38.3 Å². The maximum atomic E-state index is 13.0. The summed E-state index contributed by atoms with van der Waals surface area (Å²) in [7, 11) is 1.57. The van der Waals surface area contributed by atoms with Crippen LogP contribution in [0.25, 0.3) is 0 Å². The molecule has 0 aliphatic carbocycles. The molecular formula is C13H17ClFNO2. The Balaban J connectivity index is 2.49. The molecule has 0 aromatic heterocycles. The zero-order valence-electron chi connectivity index (χ0n) is 10.3. The number of halogens is 2. The monoisotopic (exact) mass is 273 g/mol. The van der Waals surface area contributed by atoms with Crippen LogP contribution in [0, 0.1) is 5.82 Å². The summed E-state index contributed by atoms with van der Waals surface area (Å²) >= 11 is 5.64. The van der Waals surface area contributed by atoms with Gasteiger partial charge in [-0.3, -0.25) is 4.79 Å². The molecule has 0 saturated carbocycles. The summed E-state index contributed by atoms with van der Waals surface area (Å²) in [4.78, 5) is 11.8. The number of hydrogen-bond acceptors (Lipinski definition) is 2. The van der Waals surface area contributed by atoms with Gasteiger partial charge in [-0.15, -0.1) is 11.6 Å². The molecule has 0 fully saturated rings. The molecule has 0 aliphatic heterocycles. The molecule has 0 aliphatic rings. The van der Waals surface area contributed by atoms with E-state index in [9.17, 15) is 9.18 Å². The smallest absolute Gasteiger partial charge is 0.224 e. The first-order valence-corrected chi connectivity index (χ1v) is 6.28. The molecule has 0 heterocycles. The van der Waals surface area contributed by atoms with Crippen molar-refractivity contribution in [2.75, 3.05) is 19.6 Å². The van der Waals surface area contributed by atoms with Crippen molar-refractivity contribution in [2.24, 2.45) is 0 Å². The van der Waals surface area contributed by atoms with Gasteiger partial charge in [-0.2, -0.15) is 0 Å². The van der Waals surface area contributed by atoms with Gasteiger partial charge in [0.05, 0.1) is 19.1 Å². The normalized spacial score (nSPS) is 12.2. The summed E-state index contributed by atoms with van der Waals surface area (Å²) in [5, 5.41) is 2.82. The van der Waals surface area contributed by atoms with Crippen molar-refractivity contribution in [3.8, 4) is 0 Å². The second-order valence-electron chi connectivity index (χ2n) is 4.00. The summed E-state index contributed by atoms with van der Waals surface area (Å²) in [6, 6.07) is 5.90. The average Bonchev–Trinajstić information content (AvgIpc) is 2.29. The number of amides is 1. The third-order valence-electron chi connectivity index (χ3n) is 2.44. The van der Waals surface area contributed by atoms with Crippen molar-refractivity contribution in [1.82, 2.24) is 5.32 Å². The number of nitrogens with one attached hydrogen (secondary N) is 1. The molecule has 3 nitrogen and oxygen atoms in total. The van der Waals surface area contributed by atoms with Gasteiger partial charge in [-0.05, 0) is 24.1 Å². The van der Waals surface area contributed by atoms with E-state index in [0.29, 0.717) is 24.5 Å². The Morgan fingerprint density at radius 1 is 1.56 bits per heavy atom. The molecule has 18 heavy (non-hydrogen) atoms. The summed E-state index contributed by atoms with van der Waals surface area (Å²) in [5.74, 6) is -0.0453. The molecule has 1 atom stereocenters. The molecule has 1 amide bonds. The van der Waals surface area contributed by atoms with E-state index in [0.717, 1.165) is 0 Å². The fourth-order valence-corrected chi connectivity index (χ4v) is 1.90. The predicted molar refractivity (Wildman–Crippen MR) is 69.2 cm³/mol. The van der Waals surface area contributed by atoms with Gasteiger partial charge in [0.1, 0.15) is 5.82 Å². The highest BCUT2D eigenvalue weighted by molar-refractivity contribution is 6.17. The van der Waals surface area contributed by atoms with E-state index in [1.54, 1.807) is 19.2 Å². The van der Waals surface area contributed by atoms with Gasteiger partial charge >= 0.3 is 0 Å². The Morgan fingerprint density at radius 2 is 2.33 bits per heavy atom. The van der Waals surface area contributed by atoms with Crippen LogP contribution in [-0.2, 0) is 16.0 Å². The minimum Gasteiger partial charge on any atom is -0.383 e. The molecule has 1 aromatic carbocycles. The van der Waals surface area contributed by atoms with Crippen LogP contribution >= 0.6 is 11.6 Å². The van der Waals surface area contributed by atoms with Crippen molar-refractivity contribution in [2.45, 2.75) is 18.9 Å². The predicted octanol–water partition coefficient (Wildman–Crippen LogP) is 2.13. The van der Waals surface area contributed by atoms with E-state index < -0.39 is 0 Å². The minimum absolute atomic E-state index is 0.103. The van der Waals surface area contributed by atoms with Gasteiger partial charge in [0, 0.05) is 13.0 Å². The zero-order chi connectivity index (χ0) is 13.4. The largest absolute Gasteiger partial charge is 0.383 e. The van der Waals surface area contributed by atoms with Crippen LogP contribution in [0.15, 0.2) is 24.3 Å². The van der Waals surface area contributed by atoms with Crippen LogP contribution in [0.1, 0.15) is 12.0 Å². The van der Waals surface area contributed by atoms with E-state index in [1.807, 2.05) is 0 Å². The Morgan fingerprint density at radius 3 is 2.94 bits per heavy atom. The molecule has 100 valence electrons. The van der Waals surface area contributed by atoms with Crippen LogP contribution in [-0.4, -0.2) is 31.5 Å². The summed E-state index contributed by atoms with van der Waals surface area (Å²) in [6.07, 6.45) is 0.796. The lowest BCUT2D eigenvalue weighted by atomic mass is 10.1. The van der Waals surface area contributed by atoms with Crippen molar-refractivity contribution in [3.63, 3.8) is 0 Å². The summed E-state index contributed by atoms with van der Waals surface area (Å²) in [5.41, 5.74) is 0.648. The first kappa shape index (κ1) is 14.9. The molecule has 1 N–H and O–H groups in total. The van der Waals surface area contributed by atoms with Crippen LogP contribution in [0.5, 0.6) is 0 Å². The van der Waals surface area contributed by atoms with Crippen molar-refractivity contribution >= 4 is 17.5 Å². The second kappa shape index (κ2) is 8.06. The number of benzene rings is 1. The Labute approximate surface area is 111 Å². The third-order valence-corrected chi connectivity index (χ3v) is 2.66. The Bertz CT molecular complexity index is 381. The van der Waals surface area contributed by atoms with Crippen LogP contribution in [0.4, 0.5) is 4.39 Å². The maximum absolute atomic E-state index is 13.0. The SMILES string of the molecule is COCC(CCCl)NC(=O)Cc1cccc(F)c1. The van der Waals surface area contributed by atoms with E-state index in [1.165, 1.54) is 12.1 Å². The van der Waals surface area contributed by atoms with Gasteiger partial charge in [0.2, 0.25) is 5.91 Å². The van der Waals surface area contributed by atoms with Crippen molar-refractivity contribution in [1.29, 1.82) is 0 Å². The Hall–Kier alpha value is -1.13. The molecule has 0 spiro atoms. The third kappa shape index (κ3) is 5.47. The molecule has 0 radical (unpaired) electrons. The van der Waals surface area contributed by atoms with E-state index >= 15 is 0 Å². The highest BCUT2D eigenvalue weighted by atomic mass is 35.5. The molecule has 5 heteroatoms. The number of methoxy groups -OCH3 is 1. The molecular weight excluding hydrogens is 257 g/mol. The fourth-order valence-electron chi connectivity index (χ4n) is 1.64. The quantitative estimate of drug-likeness (QED) is 0.773. The molecule has 0 saturated heterocycles. The average molecular weight is 274 g/mol. The number of carbonyl (C=O) groups excluding carboxylic acids is 1. The fraction of sp³-hybridized carbons (Fsp3) is 0.462. The minimum atomic E-state index is -0.338. The van der Waals surface area contributed by atoms with Gasteiger partial charge in [0.15, 0.2) is 0 Å². The zero-order valence-corrected chi connectivity index (χ0v) is 11.0. The van der Waals surface area contributed by atoms with Crippen molar-refractivity contribution in [3.05, 3.63) is 35.6 Å². The summed E-state index contributed by atoms with van der Waals surface area (Å²) < 4.78 is 17.9. The van der Waals surface area contributed by atoms with Crippen LogP contribution < -0.4 is 5.32 Å². The highest BCUT2D eigenvalue weighted by Crippen LogP contribution is 2.05. The number of alkyl halides is 1. The lowest BCUT2D eigenvalue weighted by Gasteiger charge is -2.16. The standard InChI is InChI=1S/C13H17ClFNO2/c1-18-9-12(5-6-14)16-13(17)8-10-3-2-4-11(15)7-10/h2-4,7,12H,5-6,8-9H2,1H3,(H,16,17).